The second-order valence-electron chi connectivity index (χ2n) is 12.8. The Morgan fingerprint density at radius 1 is 0.314 bits per heavy atom. The highest BCUT2D eigenvalue weighted by atomic mass is 16.3. The van der Waals surface area contributed by atoms with Gasteiger partial charge >= 0.3 is 0 Å². The monoisotopic (exact) mass is 651 g/mol. The predicted octanol–water partition coefficient (Wildman–Crippen LogP) is 12.4. The zero-order chi connectivity index (χ0) is 33.7. The highest BCUT2D eigenvalue weighted by Gasteiger charge is 2.19. The van der Waals surface area contributed by atoms with Crippen LogP contribution < -0.4 is 0 Å². The van der Waals surface area contributed by atoms with Crippen LogP contribution >= 0.6 is 0 Å². The molecule has 51 heavy (non-hydrogen) atoms. The second kappa shape index (κ2) is 11.9. The molecule has 0 N–H and O–H groups in total. The molecule has 4 heteroatoms. The maximum atomic E-state index is 6.56. The van der Waals surface area contributed by atoms with Gasteiger partial charge in [0, 0.05) is 27.5 Å². The smallest absolute Gasteiger partial charge is 0.164 e. The fourth-order valence-electron chi connectivity index (χ4n) is 7.30. The molecule has 2 aromatic heterocycles. The van der Waals surface area contributed by atoms with E-state index in [9.17, 15) is 0 Å². The summed E-state index contributed by atoms with van der Waals surface area (Å²) in [6, 6.07) is 61.1. The van der Waals surface area contributed by atoms with Crippen molar-refractivity contribution >= 4 is 43.5 Å². The molecule has 0 atom stereocenters. The molecule has 4 nitrogen and oxygen atoms in total. The Bertz CT molecular complexity index is 2860. The molecule has 2 heterocycles. The summed E-state index contributed by atoms with van der Waals surface area (Å²) < 4.78 is 6.56. The molecule has 0 aliphatic rings. The van der Waals surface area contributed by atoms with Gasteiger partial charge in [0.05, 0.1) is 0 Å². The quantitative estimate of drug-likeness (QED) is 0.174. The van der Waals surface area contributed by atoms with Crippen LogP contribution in [0.25, 0.3) is 99.9 Å². The summed E-state index contributed by atoms with van der Waals surface area (Å²) in [4.78, 5) is 15.0. The van der Waals surface area contributed by atoms with E-state index in [1.54, 1.807) is 0 Å². The molecule has 0 aliphatic heterocycles. The maximum absolute atomic E-state index is 6.56. The second-order valence-corrected chi connectivity index (χ2v) is 12.8. The van der Waals surface area contributed by atoms with Crippen LogP contribution in [0.4, 0.5) is 0 Å². The van der Waals surface area contributed by atoms with Crippen molar-refractivity contribution in [3.8, 4) is 56.4 Å². The SMILES string of the molecule is c1ccc(-c2nc(-c3ccccc3)nc(-c3cc(-c4cccc(-c5cc6ccccc6c6ccccc56)c4)c4c(c3)oc3ccccc34)n2)cc1. The van der Waals surface area contributed by atoms with Gasteiger partial charge in [-0.25, -0.2) is 15.0 Å². The van der Waals surface area contributed by atoms with E-state index in [0.29, 0.717) is 17.5 Å². The average Bonchev–Trinajstić information content (AvgIpc) is 3.59. The van der Waals surface area contributed by atoms with Crippen molar-refractivity contribution in [2.24, 2.45) is 0 Å². The number of benzene rings is 8. The van der Waals surface area contributed by atoms with E-state index in [-0.39, 0.29) is 0 Å². The zero-order valence-corrected chi connectivity index (χ0v) is 27.5. The van der Waals surface area contributed by atoms with Crippen LogP contribution in [-0.4, -0.2) is 15.0 Å². The van der Waals surface area contributed by atoms with E-state index in [0.717, 1.165) is 55.3 Å². The lowest BCUT2D eigenvalue weighted by atomic mass is 9.90. The van der Waals surface area contributed by atoms with Gasteiger partial charge in [-0.05, 0) is 74.1 Å². The van der Waals surface area contributed by atoms with Crippen molar-refractivity contribution in [2.75, 3.05) is 0 Å². The summed E-state index contributed by atoms with van der Waals surface area (Å²) in [6.45, 7) is 0. The van der Waals surface area contributed by atoms with Gasteiger partial charge in [-0.2, -0.15) is 0 Å². The number of furan rings is 1. The minimum Gasteiger partial charge on any atom is -0.456 e. The first kappa shape index (κ1) is 29.0. The summed E-state index contributed by atoms with van der Waals surface area (Å²) >= 11 is 0. The molecule has 0 spiro atoms. The van der Waals surface area contributed by atoms with Crippen molar-refractivity contribution in [2.45, 2.75) is 0 Å². The normalized spacial score (nSPS) is 11.5. The first-order valence-electron chi connectivity index (χ1n) is 17.1. The Kier molecular flexibility index (Phi) is 6.78. The number of hydrogen-bond acceptors (Lipinski definition) is 4. The lowest BCUT2D eigenvalue weighted by Gasteiger charge is -2.13. The van der Waals surface area contributed by atoms with E-state index in [1.165, 1.54) is 27.1 Å². The van der Waals surface area contributed by atoms with Crippen molar-refractivity contribution in [1.82, 2.24) is 15.0 Å². The molecule has 0 amide bonds. The number of aromatic nitrogens is 3. The number of para-hydroxylation sites is 1. The third-order valence-corrected chi connectivity index (χ3v) is 9.69. The molecule has 238 valence electrons. The summed E-state index contributed by atoms with van der Waals surface area (Å²) in [7, 11) is 0. The lowest BCUT2D eigenvalue weighted by Crippen LogP contribution is -2.00. The molecule has 0 saturated carbocycles. The topological polar surface area (TPSA) is 51.8 Å². The van der Waals surface area contributed by atoms with E-state index >= 15 is 0 Å². The van der Waals surface area contributed by atoms with E-state index in [1.807, 2.05) is 72.8 Å². The van der Waals surface area contributed by atoms with Gasteiger partial charge in [-0.15, -0.1) is 0 Å². The van der Waals surface area contributed by atoms with Crippen LogP contribution in [0.3, 0.4) is 0 Å². The van der Waals surface area contributed by atoms with Gasteiger partial charge in [0.25, 0.3) is 0 Å². The van der Waals surface area contributed by atoms with E-state index in [4.69, 9.17) is 19.4 Å². The molecular formula is C47H29N3O. The van der Waals surface area contributed by atoms with Gasteiger partial charge in [0.1, 0.15) is 11.2 Å². The van der Waals surface area contributed by atoms with Crippen LogP contribution in [-0.2, 0) is 0 Å². The summed E-state index contributed by atoms with van der Waals surface area (Å²) in [5.41, 5.74) is 8.84. The maximum Gasteiger partial charge on any atom is 0.164 e. The Labute approximate surface area is 294 Å². The first-order chi connectivity index (χ1) is 25.3. The third-order valence-electron chi connectivity index (χ3n) is 9.69. The number of rotatable bonds is 5. The van der Waals surface area contributed by atoms with Crippen molar-refractivity contribution < 1.29 is 4.42 Å². The Balaban J connectivity index is 1.22. The minimum absolute atomic E-state index is 0.586. The Morgan fingerprint density at radius 2 is 0.843 bits per heavy atom. The molecule has 8 aromatic carbocycles. The molecule has 0 aliphatic carbocycles. The van der Waals surface area contributed by atoms with Gasteiger partial charge in [0.2, 0.25) is 0 Å². The van der Waals surface area contributed by atoms with Gasteiger partial charge in [0.15, 0.2) is 17.5 Å². The highest BCUT2D eigenvalue weighted by Crippen LogP contribution is 2.42. The van der Waals surface area contributed by atoms with Crippen LogP contribution in [0, 0.1) is 0 Å². The van der Waals surface area contributed by atoms with Crippen LogP contribution in [0.5, 0.6) is 0 Å². The number of hydrogen-bond donors (Lipinski definition) is 0. The van der Waals surface area contributed by atoms with Crippen molar-refractivity contribution in [3.05, 3.63) is 176 Å². The van der Waals surface area contributed by atoms with Gasteiger partial charge in [-0.3, -0.25) is 0 Å². The van der Waals surface area contributed by atoms with E-state index in [2.05, 4.69) is 103 Å². The Hall–Kier alpha value is -6.91. The fraction of sp³-hybridized carbons (Fsp3) is 0. The molecule has 10 aromatic rings. The fourth-order valence-corrected chi connectivity index (χ4v) is 7.30. The van der Waals surface area contributed by atoms with Gasteiger partial charge in [-0.1, -0.05) is 146 Å². The highest BCUT2D eigenvalue weighted by molar-refractivity contribution is 6.15. The summed E-state index contributed by atoms with van der Waals surface area (Å²) in [5, 5.41) is 7.10. The molecule has 0 saturated heterocycles. The van der Waals surface area contributed by atoms with Crippen molar-refractivity contribution in [3.63, 3.8) is 0 Å². The molecule has 0 fully saturated rings. The minimum atomic E-state index is 0.586. The first-order valence-corrected chi connectivity index (χ1v) is 17.1. The Morgan fingerprint density at radius 3 is 1.55 bits per heavy atom. The molecule has 0 unspecified atom stereocenters. The molecule has 0 radical (unpaired) electrons. The lowest BCUT2D eigenvalue weighted by molar-refractivity contribution is 0.669. The van der Waals surface area contributed by atoms with Crippen LogP contribution in [0.15, 0.2) is 180 Å². The molecule has 0 bridgehead atoms. The van der Waals surface area contributed by atoms with Gasteiger partial charge < -0.3 is 4.42 Å². The molecular weight excluding hydrogens is 623 g/mol. The molecule has 10 rings (SSSR count). The van der Waals surface area contributed by atoms with Crippen LogP contribution in [0.1, 0.15) is 0 Å². The zero-order valence-electron chi connectivity index (χ0n) is 27.5. The van der Waals surface area contributed by atoms with Crippen molar-refractivity contribution in [1.29, 1.82) is 0 Å². The largest absolute Gasteiger partial charge is 0.456 e. The third kappa shape index (κ3) is 5.04. The van der Waals surface area contributed by atoms with Crippen LogP contribution in [0.2, 0.25) is 0 Å². The average molecular weight is 652 g/mol. The number of fused-ring (bicyclic) bond motifs is 6. The van der Waals surface area contributed by atoms with E-state index < -0.39 is 0 Å². The summed E-state index contributed by atoms with van der Waals surface area (Å²) in [6.07, 6.45) is 0. The summed E-state index contributed by atoms with van der Waals surface area (Å²) in [5.74, 6) is 1.83. The standard InChI is InChI=1S/C47H29N3O/c1-3-14-30(15-4-1)45-48-46(31-16-5-2-6-17-31)50-47(49-45)35-28-41(44-39-24-11-12-25-42(39)51-43(44)29-35)33-20-13-19-32(26-33)40-27-34-18-7-8-21-36(34)37-22-9-10-23-38(37)40/h1-29H. The number of nitrogens with zero attached hydrogens (tertiary/aromatic N) is 3. The predicted molar refractivity (Wildman–Crippen MR) is 209 cm³/mol.